The Bertz CT molecular complexity index is 887. The van der Waals surface area contributed by atoms with Gasteiger partial charge in [0.25, 0.3) is 11.5 Å². The summed E-state index contributed by atoms with van der Waals surface area (Å²) in [7, 11) is 0. The second-order valence-corrected chi connectivity index (χ2v) is 6.05. The number of rotatable bonds is 8. The highest BCUT2D eigenvalue weighted by molar-refractivity contribution is 5.95. The number of benzene rings is 1. The third-order valence-electron chi connectivity index (χ3n) is 3.73. The number of nitrogens with zero attached hydrogens (tertiary/aromatic N) is 1. The molecule has 0 aliphatic rings. The number of carboxylic acids is 1. The lowest BCUT2D eigenvalue weighted by Gasteiger charge is -2.09. The average Bonchev–Trinajstić information content (AvgIpc) is 2.62. The van der Waals surface area contributed by atoms with Crippen molar-refractivity contribution >= 4 is 23.5 Å². The Hall–Kier alpha value is -3.42. The van der Waals surface area contributed by atoms with E-state index in [-0.39, 0.29) is 36.9 Å². The molecule has 8 heteroatoms. The monoisotopic (exact) mass is 371 g/mol. The van der Waals surface area contributed by atoms with Gasteiger partial charge in [-0.1, -0.05) is 6.07 Å². The highest BCUT2D eigenvalue weighted by Gasteiger charge is 2.08. The van der Waals surface area contributed by atoms with Gasteiger partial charge in [-0.05, 0) is 43.2 Å². The first-order valence-electron chi connectivity index (χ1n) is 8.42. The second kappa shape index (κ2) is 9.33. The summed E-state index contributed by atoms with van der Waals surface area (Å²) in [5.74, 6) is -1.57. The minimum absolute atomic E-state index is 0.00469. The van der Waals surface area contributed by atoms with Gasteiger partial charge in [0.05, 0.1) is 0 Å². The molecule has 0 saturated heterocycles. The van der Waals surface area contributed by atoms with Crippen molar-refractivity contribution in [2.24, 2.45) is 0 Å². The van der Waals surface area contributed by atoms with E-state index in [0.717, 1.165) is 5.56 Å². The van der Waals surface area contributed by atoms with Gasteiger partial charge < -0.3 is 20.3 Å². The van der Waals surface area contributed by atoms with Crippen molar-refractivity contribution in [3.05, 3.63) is 64.1 Å². The number of aliphatic carboxylic acids is 1. The van der Waals surface area contributed by atoms with Crippen LogP contribution in [-0.2, 0) is 16.1 Å². The van der Waals surface area contributed by atoms with E-state index in [1.807, 2.05) is 6.92 Å². The van der Waals surface area contributed by atoms with Crippen LogP contribution >= 0.6 is 0 Å². The fourth-order valence-corrected chi connectivity index (χ4v) is 2.38. The van der Waals surface area contributed by atoms with E-state index in [1.54, 1.807) is 36.5 Å². The topological polar surface area (TPSA) is 118 Å². The van der Waals surface area contributed by atoms with Crippen LogP contribution in [0.15, 0.2) is 47.4 Å². The molecule has 0 unspecified atom stereocenters. The summed E-state index contributed by atoms with van der Waals surface area (Å²) >= 11 is 0. The smallest absolute Gasteiger partial charge is 0.303 e. The number of carbonyl (C=O) groups is 3. The van der Waals surface area contributed by atoms with Crippen LogP contribution in [0.5, 0.6) is 0 Å². The van der Waals surface area contributed by atoms with Crippen LogP contribution in [0.3, 0.4) is 0 Å². The van der Waals surface area contributed by atoms with Gasteiger partial charge in [0, 0.05) is 36.5 Å². The van der Waals surface area contributed by atoms with E-state index in [4.69, 9.17) is 5.11 Å². The number of hydrogen-bond donors (Lipinski definition) is 3. The Labute approximate surface area is 155 Å². The quantitative estimate of drug-likeness (QED) is 0.606. The molecule has 1 aromatic carbocycles. The fourth-order valence-electron chi connectivity index (χ4n) is 2.38. The maximum Gasteiger partial charge on any atom is 0.303 e. The molecule has 3 N–H and O–H groups in total. The summed E-state index contributed by atoms with van der Waals surface area (Å²) in [6.45, 7) is 2.00. The molecular weight excluding hydrogens is 350 g/mol. The molecule has 0 atom stereocenters. The summed E-state index contributed by atoms with van der Waals surface area (Å²) in [4.78, 5) is 46.2. The number of aryl methyl sites for hydroxylation is 1. The molecule has 1 heterocycles. The molecule has 8 nitrogen and oxygen atoms in total. The summed E-state index contributed by atoms with van der Waals surface area (Å²) < 4.78 is 1.32. The van der Waals surface area contributed by atoms with E-state index in [9.17, 15) is 19.2 Å². The van der Waals surface area contributed by atoms with Crippen molar-refractivity contribution in [3.63, 3.8) is 0 Å². The molecule has 27 heavy (non-hydrogen) atoms. The second-order valence-electron chi connectivity index (χ2n) is 6.05. The molecule has 2 amide bonds. The summed E-state index contributed by atoms with van der Waals surface area (Å²) in [5, 5.41) is 13.9. The Balaban J connectivity index is 1.88. The lowest BCUT2D eigenvalue weighted by molar-refractivity contribution is -0.137. The Morgan fingerprint density at radius 1 is 1.07 bits per heavy atom. The molecule has 0 radical (unpaired) electrons. The first-order valence-corrected chi connectivity index (χ1v) is 8.42. The molecule has 0 bridgehead atoms. The van der Waals surface area contributed by atoms with Crippen LogP contribution in [0.25, 0.3) is 0 Å². The summed E-state index contributed by atoms with van der Waals surface area (Å²) in [6, 6.07) is 9.38. The van der Waals surface area contributed by atoms with Crippen LogP contribution in [0.2, 0.25) is 0 Å². The van der Waals surface area contributed by atoms with E-state index in [2.05, 4.69) is 10.6 Å². The van der Waals surface area contributed by atoms with Crippen LogP contribution in [0.1, 0.15) is 28.8 Å². The first-order chi connectivity index (χ1) is 12.8. The number of aromatic nitrogens is 1. The summed E-state index contributed by atoms with van der Waals surface area (Å²) in [6.07, 6.45) is 1.96. The number of pyridine rings is 1. The lowest BCUT2D eigenvalue weighted by atomic mass is 10.2. The Morgan fingerprint density at radius 2 is 1.78 bits per heavy atom. The standard InChI is InChI=1S/C19H21N3O5/c1-13-4-9-17(24)22(11-13)12-16(23)21-15-7-5-14(6-8-15)19(27)20-10-2-3-18(25)26/h4-9,11H,2-3,10,12H2,1H3,(H,20,27)(H,21,23)(H,25,26). The van der Waals surface area contributed by atoms with Gasteiger partial charge in [-0.25, -0.2) is 0 Å². The van der Waals surface area contributed by atoms with Crippen molar-refractivity contribution in [2.45, 2.75) is 26.3 Å². The van der Waals surface area contributed by atoms with Crippen molar-refractivity contribution in [2.75, 3.05) is 11.9 Å². The first kappa shape index (κ1) is 19.9. The van der Waals surface area contributed by atoms with E-state index < -0.39 is 5.97 Å². The van der Waals surface area contributed by atoms with Gasteiger partial charge in [-0.3, -0.25) is 19.2 Å². The number of anilines is 1. The number of hydrogen-bond acceptors (Lipinski definition) is 4. The zero-order chi connectivity index (χ0) is 19.8. The minimum Gasteiger partial charge on any atom is -0.481 e. The highest BCUT2D eigenvalue weighted by atomic mass is 16.4. The van der Waals surface area contributed by atoms with Crippen molar-refractivity contribution in [1.82, 2.24) is 9.88 Å². The molecule has 2 aromatic rings. The highest BCUT2D eigenvalue weighted by Crippen LogP contribution is 2.10. The van der Waals surface area contributed by atoms with Gasteiger partial charge >= 0.3 is 5.97 Å². The number of carbonyl (C=O) groups excluding carboxylic acids is 2. The third-order valence-corrected chi connectivity index (χ3v) is 3.73. The predicted octanol–water partition coefficient (Wildman–Crippen LogP) is 1.39. The molecule has 0 aliphatic heterocycles. The van der Waals surface area contributed by atoms with Crippen LogP contribution in [0, 0.1) is 6.92 Å². The minimum atomic E-state index is -0.905. The number of nitrogens with one attached hydrogen (secondary N) is 2. The zero-order valence-corrected chi connectivity index (χ0v) is 14.9. The largest absolute Gasteiger partial charge is 0.481 e. The fraction of sp³-hybridized carbons (Fsp3) is 0.263. The molecule has 2 rings (SSSR count). The van der Waals surface area contributed by atoms with Gasteiger partial charge in [0.2, 0.25) is 5.91 Å². The summed E-state index contributed by atoms with van der Waals surface area (Å²) in [5.41, 5.74) is 1.52. The van der Waals surface area contributed by atoms with Crippen molar-refractivity contribution < 1.29 is 19.5 Å². The molecule has 0 spiro atoms. The molecular formula is C19H21N3O5. The molecule has 1 aromatic heterocycles. The molecule has 142 valence electrons. The SMILES string of the molecule is Cc1ccc(=O)n(CC(=O)Nc2ccc(C(=O)NCCCC(=O)O)cc2)c1. The predicted molar refractivity (Wildman–Crippen MR) is 99.7 cm³/mol. The Kier molecular flexibility index (Phi) is 6.87. The van der Waals surface area contributed by atoms with E-state index >= 15 is 0 Å². The normalized spacial score (nSPS) is 10.3. The van der Waals surface area contributed by atoms with Crippen molar-refractivity contribution in [1.29, 1.82) is 0 Å². The molecule has 0 fully saturated rings. The van der Waals surface area contributed by atoms with Gasteiger partial charge in [0.15, 0.2) is 0 Å². The third kappa shape index (κ3) is 6.43. The van der Waals surface area contributed by atoms with E-state index in [0.29, 0.717) is 17.7 Å². The van der Waals surface area contributed by atoms with E-state index in [1.165, 1.54) is 10.6 Å². The van der Waals surface area contributed by atoms with Gasteiger partial charge in [-0.15, -0.1) is 0 Å². The molecule has 0 saturated carbocycles. The van der Waals surface area contributed by atoms with Crippen LogP contribution < -0.4 is 16.2 Å². The average molecular weight is 371 g/mol. The maximum atomic E-state index is 12.1. The molecule has 0 aliphatic carbocycles. The Morgan fingerprint density at radius 3 is 2.44 bits per heavy atom. The zero-order valence-electron chi connectivity index (χ0n) is 14.9. The van der Waals surface area contributed by atoms with Crippen LogP contribution in [0.4, 0.5) is 5.69 Å². The van der Waals surface area contributed by atoms with Crippen LogP contribution in [-0.4, -0.2) is 34.0 Å². The van der Waals surface area contributed by atoms with Gasteiger partial charge in [-0.2, -0.15) is 0 Å². The number of amides is 2. The number of carboxylic acid groups (broad SMARTS) is 1. The maximum absolute atomic E-state index is 12.1. The lowest BCUT2D eigenvalue weighted by Crippen LogP contribution is -2.27. The van der Waals surface area contributed by atoms with Gasteiger partial charge in [0.1, 0.15) is 6.54 Å². The van der Waals surface area contributed by atoms with Crippen molar-refractivity contribution in [3.8, 4) is 0 Å².